The molecule has 2 aromatic heterocycles. The Kier molecular flexibility index (Phi) is 2.83. The molecule has 0 saturated heterocycles. The van der Waals surface area contributed by atoms with E-state index >= 15 is 0 Å². The van der Waals surface area contributed by atoms with Crippen LogP contribution in [0.3, 0.4) is 0 Å². The summed E-state index contributed by atoms with van der Waals surface area (Å²) in [6.45, 7) is 0. The summed E-state index contributed by atoms with van der Waals surface area (Å²) in [6, 6.07) is 0. The Morgan fingerprint density at radius 1 is 1.44 bits per heavy atom. The van der Waals surface area contributed by atoms with E-state index < -0.39 is 5.97 Å². The van der Waals surface area contributed by atoms with Crippen LogP contribution in [0.2, 0.25) is 5.15 Å². The predicted molar refractivity (Wildman–Crippen MR) is 67.8 cm³/mol. The monoisotopic (exact) mass is 283 g/mol. The first-order valence-electron chi connectivity index (χ1n) is 5.62. The van der Waals surface area contributed by atoms with Gasteiger partial charge in [-0.1, -0.05) is 22.9 Å². The normalized spacial score (nSPS) is 14.5. The lowest BCUT2D eigenvalue weighted by Crippen LogP contribution is -2.06. The topological polar surface area (TPSA) is 68.0 Å². The molecule has 0 aromatic carbocycles. The van der Waals surface area contributed by atoms with Crippen molar-refractivity contribution in [2.24, 2.45) is 0 Å². The van der Waals surface area contributed by atoms with Crippen molar-refractivity contribution in [1.82, 2.24) is 14.5 Å². The van der Waals surface area contributed by atoms with Gasteiger partial charge in [0.05, 0.1) is 5.69 Å². The second-order valence-corrected chi connectivity index (χ2v) is 5.47. The van der Waals surface area contributed by atoms with Gasteiger partial charge < -0.3 is 5.11 Å². The third kappa shape index (κ3) is 1.81. The molecule has 0 spiro atoms. The van der Waals surface area contributed by atoms with E-state index in [1.54, 1.807) is 6.33 Å². The van der Waals surface area contributed by atoms with E-state index in [0.29, 0.717) is 5.13 Å². The minimum Gasteiger partial charge on any atom is -0.477 e. The third-order valence-corrected chi connectivity index (χ3v) is 4.43. The number of hydrogen-bond donors (Lipinski definition) is 1. The van der Waals surface area contributed by atoms with Crippen molar-refractivity contribution in [1.29, 1.82) is 0 Å². The van der Waals surface area contributed by atoms with E-state index in [-0.39, 0.29) is 10.0 Å². The van der Waals surface area contributed by atoms with Gasteiger partial charge in [0.1, 0.15) is 6.33 Å². The van der Waals surface area contributed by atoms with Crippen LogP contribution in [0, 0.1) is 0 Å². The minimum atomic E-state index is -1.04. The van der Waals surface area contributed by atoms with Crippen molar-refractivity contribution in [2.45, 2.75) is 25.7 Å². The molecule has 0 saturated carbocycles. The lowest BCUT2D eigenvalue weighted by molar-refractivity contribution is 0.0702. The first kappa shape index (κ1) is 11.7. The largest absolute Gasteiger partial charge is 0.477 e. The highest BCUT2D eigenvalue weighted by molar-refractivity contribution is 7.16. The Bertz CT molecular complexity index is 620. The molecule has 0 radical (unpaired) electrons. The number of fused-ring (bicyclic) bond motifs is 1. The fraction of sp³-hybridized carbons (Fsp3) is 0.364. The fourth-order valence-corrected chi connectivity index (χ4v) is 3.28. The SMILES string of the molecule is O=C(O)c1sc(-n2cnc3c2CCCC3)nc1Cl. The number of carbonyl (C=O) groups is 1. The zero-order valence-electron chi connectivity index (χ0n) is 9.39. The van der Waals surface area contributed by atoms with Gasteiger partial charge in [0.25, 0.3) is 0 Å². The highest BCUT2D eigenvalue weighted by Gasteiger charge is 2.21. The van der Waals surface area contributed by atoms with E-state index in [0.717, 1.165) is 48.4 Å². The lowest BCUT2D eigenvalue weighted by atomic mass is 10.0. The van der Waals surface area contributed by atoms with Crippen molar-refractivity contribution in [3.05, 3.63) is 27.7 Å². The molecule has 3 rings (SSSR count). The molecular formula is C11H10ClN3O2S. The Labute approximate surface area is 112 Å². The van der Waals surface area contributed by atoms with E-state index in [1.807, 2.05) is 4.57 Å². The summed E-state index contributed by atoms with van der Waals surface area (Å²) in [5, 5.41) is 9.60. The first-order valence-corrected chi connectivity index (χ1v) is 6.81. The zero-order valence-corrected chi connectivity index (χ0v) is 11.0. The van der Waals surface area contributed by atoms with E-state index in [2.05, 4.69) is 9.97 Å². The highest BCUT2D eigenvalue weighted by atomic mass is 35.5. The van der Waals surface area contributed by atoms with Crippen LogP contribution in [0.15, 0.2) is 6.33 Å². The van der Waals surface area contributed by atoms with Gasteiger partial charge in [-0.2, -0.15) is 0 Å². The van der Waals surface area contributed by atoms with Gasteiger partial charge in [-0.3, -0.25) is 4.57 Å². The molecule has 94 valence electrons. The third-order valence-electron chi connectivity index (χ3n) is 3.00. The molecule has 0 amide bonds. The van der Waals surface area contributed by atoms with Crippen LogP contribution in [0.25, 0.3) is 5.13 Å². The molecule has 1 aliphatic rings. The molecule has 0 bridgehead atoms. The van der Waals surface area contributed by atoms with Gasteiger partial charge >= 0.3 is 5.97 Å². The molecule has 2 heterocycles. The molecule has 18 heavy (non-hydrogen) atoms. The van der Waals surface area contributed by atoms with Crippen molar-refractivity contribution in [3.63, 3.8) is 0 Å². The summed E-state index contributed by atoms with van der Waals surface area (Å²) in [4.78, 5) is 19.5. The molecule has 5 nitrogen and oxygen atoms in total. The second kappa shape index (κ2) is 4.37. The number of hydrogen-bond acceptors (Lipinski definition) is 4. The first-order chi connectivity index (χ1) is 8.66. The van der Waals surface area contributed by atoms with Crippen LogP contribution in [-0.2, 0) is 12.8 Å². The molecule has 7 heteroatoms. The molecule has 0 fully saturated rings. The number of imidazole rings is 1. The maximum absolute atomic E-state index is 11.0. The molecule has 1 aliphatic carbocycles. The number of aryl methyl sites for hydroxylation is 1. The van der Waals surface area contributed by atoms with Gasteiger partial charge in [0, 0.05) is 5.69 Å². The van der Waals surface area contributed by atoms with Crippen molar-refractivity contribution < 1.29 is 9.90 Å². The van der Waals surface area contributed by atoms with Crippen LogP contribution >= 0.6 is 22.9 Å². The molecule has 0 atom stereocenters. The summed E-state index contributed by atoms with van der Waals surface area (Å²) in [5.74, 6) is -1.04. The van der Waals surface area contributed by atoms with Crippen molar-refractivity contribution in [2.75, 3.05) is 0 Å². The number of aromatic nitrogens is 3. The van der Waals surface area contributed by atoms with Gasteiger partial charge in [-0.05, 0) is 25.7 Å². The van der Waals surface area contributed by atoms with Gasteiger partial charge in [0.15, 0.2) is 15.2 Å². The van der Waals surface area contributed by atoms with Crippen molar-refractivity contribution >= 4 is 28.9 Å². The van der Waals surface area contributed by atoms with Crippen molar-refractivity contribution in [3.8, 4) is 5.13 Å². The Morgan fingerprint density at radius 2 is 2.22 bits per heavy atom. The number of halogens is 1. The highest BCUT2D eigenvalue weighted by Crippen LogP contribution is 2.29. The molecule has 0 aliphatic heterocycles. The predicted octanol–water partition coefficient (Wildman–Crippen LogP) is 2.56. The summed E-state index contributed by atoms with van der Waals surface area (Å²) < 4.78 is 1.86. The maximum Gasteiger partial charge on any atom is 0.349 e. The number of carboxylic acid groups (broad SMARTS) is 1. The van der Waals surface area contributed by atoms with Crippen LogP contribution in [0.5, 0.6) is 0 Å². The van der Waals surface area contributed by atoms with Gasteiger partial charge in [0.2, 0.25) is 0 Å². The molecular weight excluding hydrogens is 274 g/mol. The Morgan fingerprint density at radius 3 is 2.94 bits per heavy atom. The van der Waals surface area contributed by atoms with E-state index in [1.165, 1.54) is 0 Å². The standard InChI is InChI=1S/C11H10ClN3O2S/c12-9-8(10(16)17)18-11(14-9)15-5-13-6-3-1-2-4-7(6)15/h5H,1-4H2,(H,16,17). The number of rotatable bonds is 2. The van der Waals surface area contributed by atoms with Crippen LogP contribution in [0.1, 0.15) is 33.9 Å². The lowest BCUT2D eigenvalue weighted by Gasteiger charge is -2.11. The van der Waals surface area contributed by atoms with Crippen LogP contribution in [-0.4, -0.2) is 25.6 Å². The summed E-state index contributed by atoms with van der Waals surface area (Å²) in [7, 11) is 0. The maximum atomic E-state index is 11.0. The Hall–Kier alpha value is -1.40. The van der Waals surface area contributed by atoms with Gasteiger partial charge in [-0.25, -0.2) is 14.8 Å². The van der Waals surface area contributed by atoms with E-state index in [4.69, 9.17) is 16.7 Å². The second-order valence-electron chi connectivity index (χ2n) is 4.14. The number of aromatic carboxylic acids is 1. The summed E-state index contributed by atoms with van der Waals surface area (Å²) in [6.07, 6.45) is 5.92. The molecule has 2 aromatic rings. The molecule has 0 unspecified atom stereocenters. The van der Waals surface area contributed by atoms with Crippen LogP contribution < -0.4 is 0 Å². The smallest absolute Gasteiger partial charge is 0.349 e. The van der Waals surface area contributed by atoms with E-state index in [9.17, 15) is 4.79 Å². The minimum absolute atomic E-state index is 0.0424. The zero-order chi connectivity index (χ0) is 12.7. The molecule has 1 N–H and O–H groups in total. The average molecular weight is 284 g/mol. The Balaban J connectivity index is 2.07. The summed E-state index contributed by atoms with van der Waals surface area (Å²) in [5.41, 5.74) is 2.22. The fourth-order valence-electron chi connectivity index (χ4n) is 2.16. The van der Waals surface area contributed by atoms with Crippen LogP contribution in [0.4, 0.5) is 0 Å². The number of nitrogens with zero attached hydrogens (tertiary/aromatic N) is 3. The number of carboxylic acids is 1. The average Bonchev–Trinajstić information content (AvgIpc) is 2.92. The van der Waals surface area contributed by atoms with Gasteiger partial charge in [-0.15, -0.1) is 0 Å². The number of thiazole rings is 1. The summed E-state index contributed by atoms with van der Waals surface area (Å²) >= 11 is 6.90. The quantitative estimate of drug-likeness (QED) is 0.920.